The summed E-state index contributed by atoms with van der Waals surface area (Å²) in [5.74, 6) is -0.161. The molecule has 1 aromatic rings. The molecule has 2 heterocycles. The molecule has 2 saturated heterocycles. The van der Waals surface area contributed by atoms with Gasteiger partial charge in [0.2, 0.25) is 11.8 Å². The number of anilines is 2. The van der Waals surface area contributed by atoms with Gasteiger partial charge in [-0.05, 0) is 37.6 Å². The van der Waals surface area contributed by atoms with E-state index in [2.05, 4.69) is 5.32 Å². The van der Waals surface area contributed by atoms with Gasteiger partial charge in [-0.2, -0.15) is 0 Å². The molecule has 2 fully saturated rings. The number of likely N-dealkylation sites (tertiary alicyclic amines) is 1. The summed E-state index contributed by atoms with van der Waals surface area (Å²) in [6.07, 6.45) is 1.69. The number of hydrogen-bond acceptors (Lipinski definition) is 4. The van der Waals surface area contributed by atoms with Crippen LogP contribution < -0.4 is 10.2 Å². The van der Waals surface area contributed by atoms with Crippen molar-refractivity contribution in [1.29, 1.82) is 0 Å². The Morgan fingerprint density at radius 1 is 1.14 bits per heavy atom. The summed E-state index contributed by atoms with van der Waals surface area (Å²) in [7, 11) is 0. The molecule has 0 aromatic heterocycles. The maximum Gasteiger partial charge on any atom is 0.252 e. The lowest BCUT2D eigenvalue weighted by molar-refractivity contribution is -0.138. The normalized spacial score (nSPS) is 21.9. The Kier molecular flexibility index (Phi) is 3.83. The fraction of sp³-hybridized carbons (Fsp3) is 0.438. The number of benzene rings is 1. The van der Waals surface area contributed by atoms with Crippen LogP contribution in [0.4, 0.5) is 11.4 Å². The molecule has 22 heavy (non-hydrogen) atoms. The van der Waals surface area contributed by atoms with Gasteiger partial charge in [-0.15, -0.1) is 0 Å². The van der Waals surface area contributed by atoms with Gasteiger partial charge in [0.1, 0.15) is 6.04 Å². The molecule has 1 unspecified atom stereocenters. The Balaban J connectivity index is 1.68. The molecule has 2 aliphatic rings. The average Bonchev–Trinajstić information content (AvgIpc) is 3.04. The highest BCUT2D eigenvalue weighted by Gasteiger charge is 2.37. The third-order valence-electron chi connectivity index (χ3n) is 4.15. The van der Waals surface area contributed by atoms with Crippen LogP contribution in [-0.4, -0.2) is 41.8 Å². The minimum Gasteiger partial charge on any atom is -0.373 e. The minimum absolute atomic E-state index is 0.135. The molecule has 6 heteroatoms. The van der Waals surface area contributed by atoms with E-state index in [9.17, 15) is 14.4 Å². The van der Waals surface area contributed by atoms with E-state index in [0.717, 1.165) is 24.3 Å². The molecule has 3 rings (SSSR count). The van der Waals surface area contributed by atoms with Crippen molar-refractivity contribution in [2.75, 3.05) is 23.3 Å². The first-order valence-corrected chi connectivity index (χ1v) is 7.61. The Morgan fingerprint density at radius 3 is 2.41 bits per heavy atom. The smallest absolute Gasteiger partial charge is 0.252 e. The number of imide groups is 1. The van der Waals surface area contributed by atoms with E-state index in [4.69, 9.17) is 0 Å². The average molecular weight is 301 g/mol. The number of nitrogens with one attached hydrogen (secondary N) is 1. The van der Waals surface area contributed by atoms with Gasteiger partial charge in [0, 0.05) is 30.9 Å². The highest BCUT2D eigenvalue weighted by atomic mass is 16.2. The number of carbonyl (C=O) groups excluding carboxylic acids is 3. The standard InChI is InChI=1S/C16H19N3O3/c1-2-18-15(21)10-13(16(18)22)17-11-5-7-12(8-6-11)19-9-3-4-14(19)20/h5-8,13,17H,2-4,9-10H2,1H3. The summed E-state index contributed by atoms with van der Waals surface area (Å²) in [4.78, 5) is 38.5. The fourth-order valence-electron chi connectivity index (χ4n) is 2.99. The van der Waals surface area contributed by atoms with Crippen LogP contribution in [-0.2, 0) is 14.4 Å². The zero-order valence-electron chi connectivity index (χ0n) is 12.5. The first-order valence-electron chi connectivity index (χ1n) is 7.61. The van der Waals surface area contributed by atoms with Crippen LogP contribution in [0.1, 0.15) is 26.2 Å². The Morgan fingerprint density at radius 2 is 1.86 bits per heavy atom. The predicted octanol–water partition coefficient (Wildman–Crippen LogP) is 1.37. The molecule has 1 atom stereocenters. The van der Waals surface area contributed by atoms with Crippen LogP contribution in [0.5, 0.6) is 0 Å². The summed E-state index contributed by atoms with van der Waals surface area (Å²) < 4.78 is 0. The van der Waals surface area contributed by atoms with E-state index in [1.54, 1.807) is 11.8 Å². The lowest BCUT2D eigenvalue weighted by atomic mass is 10.2. The molecule has 0 spiro atoms. The van der Waals surface area contributed by atoms with Gasteiger partial charge in [0.05, 0.1) is 6.42 Å². The summed E-state index contributed by atoms with van der Waals surface area (Å²) >= 11 is 0. The molecule has 6 nitrogen and oxygen atoms in total. The Labute approximate surface area is 129 Å². The third kappa shape index (κ3) is 2.56. The number of carbonyl (C=O) groups is 3. The highest BCUT2D eigenvalue weighted by Crippen LogP contribution is 2.24. The van der Waals surface area contributed by atoms with Crippen LogP contribution >= 0.6 is 0 Å². The highest BCUT2D eigenvalue weighted by molar-refractivity contribution is 6.06. The van der Waals surface area contributed by atoms with Crippen molar-refractivity contribution in [3.63, 3.8) is 0 Å². The molecule has 3 amide bonds. The van der Waals surface area contributed by atoms with Crippen molar-refractivity contribution in [3.05, 3.63) is 24.3 Å². The summed E-state index contributed by atoms with van der Waals surface area (Å²) in [5.41, 5.74) is 1.65. The van der Waals surface area contributed by atoms with Crippen molar-refractivity contribution in [1.82, 2.24) is 4.90 Å². The van der Waals surface area contributed by atoms with E-state index in [1.807, 2.05) is 24.3 Å². The molecule has 0 radical (unpaired) electrons. The predicted molar refractivity (Wildman–Crippen MR) is 82.5 cm³/mol. The van der Waals surface area contributed by atoms with Crippen LogP contribution in [0.15, 0.2) is 24.3 Å². The number of nitrogens with zero attached hydrogens (tertiary/aromatic N) is 2. The van der Waals surface area contributed by atoms with Gasteiger partial charge in [-0.25, -0.2) is 0 Å². The molecular formula is C16H19N3O3. The molecular weight excluding hydrogens is 282 g/mol. The molecule has 0 saturated carbocycles. The molecule has 2 aliphatic heterocycles. The van der Waals surface area contributed by atoms with E-state index < -0.39 is 6.04 Å². The fourth-order valence-corrected chi connectivity index (χ4v) is 2.99. The van der Waals surface area contributed by atoms with Crippen LogP contribution in [0.25, 0.3) is 0 Å². The molecule has 1 N–H and O–H groups in total. The maximum atomic E-state index is 12.1. The summed E-state index contributed by atoms with van der Waals surface area (Å²) in [6, 6.07) is 6.92. The van der Waals surface area contributed by atoms with E-state index in [1.165, 1.54) is 4.90 Å². The van der Waals surface area contributed by atoms with Crippen molar-refractivity contribution in [3.8, 4) is 0 Å². The minimum atomic E-state index is -0.494. The van der Waals surface area contributed by atoms with Crippen molar-refractivity contribution >= 4 is 29.1 Å². The lowest BCUT2D eigenvalue weighted by Crippen LogP contribution is -2.34. The van der Waals surface area contributed by atoms with Gasteiger partial charge >= 0.3 is 0 Å². The number of amides is 3. The topological polar surface area (TPSA) is 69.7 Å². The largest absolute Gasteiger partial charge is 0.373 e. The van der Waals surface area contributed by atoms with Crippen LogP contribution in [0, 0.1) is 0 Å². The monoisotopic (exact) mass is 301 g/mol. The lowest BCUT2D eigenvalue weighted by Gasteiger charge is -2.17. The van der Waals surface area contributed by atoms with Crippen LogP contribution in [0.3, 0.4) is 0 Å². The molecule has 0 bridgehead atoms. The van der Waals surface area contributed by atoms with Crippen molar-refractivity contribution in [2.24, 2.45) is 0 Å². The first kappa shape index (κ1) is 14.6. The quantitative estimate of drug-likeness (QED) is 0.853. The SMILES string of the molecule is CCN1C(=O)CC(Nc2ccc(N3CCCC3=O)cc2)C1=O. The van der Waals surface area contributed by atoms with Gasteiger partial charge in [0.15, 0.2) is 0 Å². The van der Waals surface area contributed by atoms with Crippen molar-refractivity contribution < 1.29 is 14.4 Å². The Hall–Kier alpha value is -2.37. The number of likely N-dealkylation sites (N-methyl/N-ethyl adjacent to an activating group) is 1. The van der Waals surface area contributed by atoms with Gasteiger partial charge in [-0.1, -0.05) is 0 Å². The number of rotatable bonds is 4. The van der Waals surface area contributed by atoms with Gasteiger partial charge < -0.3 is 10.2 Å². The van der Waals surface area contributed by atoms with Gasteiger partial charge in [0.25, 0.3) is 5.91 Å². The van der Waals surface area contributed by atoms with Crippen molar-refractivity contribution in [2.45, 2.75) is 32.2 Å². The Bertz CT molecular complexity index is 612. The molecule has 116 valence electrons. The van der Waals surface area contributed by atoms with E-state index in [-0.39, 0.29) is 24.1 Å². The summed E-state index contributed by atoms with van der Waals surface area (Å²) in [6.45, 7) is 2.96. The second kappa shape index (κ2) is 5.79. The third-order valence-corrected chi connectivity index (χ3v) is 4.15. The zero-order chi connectivity index (χ0) is 15.7. The first-order chi connectivity index (χ1) is 10.6. The van der Waals surface area contributed by atoms with Gasteiger partial charge in [-0.3, -0.25) is 19.3 Å². The van der Waals surface area contributed by atoms with Crippen LogP contribution in [0.2, 0.25) is 0 Å². The van der Waals surface area contributed by atoms with E-state index >= 15 is 0 Å². The summed E-state index contributed by atoms with van der Waals surface area (Å²) in [5, 5.41) is 3.10. The maximum absolute atomic E-state index is 12.1. The zero-order valence-corrected chi connectivity index (χ0v) is 12.5. The molecule has 0 aliphatic carbocycles. The second-order valence-corrected chi connectivity index (χ2v) is 5.57. The molecule has 1 aromatic carbocycles. The van der Waals surface area contributed by atoms with E-state index in [0.29, 0.717) is 13.0 Å². The second-order valence-electron chi connectivity index (χ2n) is 5.57. The number of hydrogen-bond donors (Lipinski definition) is 1.